The fourth-order valence-electron chi connectivity index (χ4n) is 3.54. The van der Waals surface area contributed by atoms with Gasteiger partial charge in [-0.25, -0.2) is 4.68 Å². The lowest BCUT2D eigenvalue weighted by Crippen LogP contribution is -2.19. The smallest absolute Gasteiger partial charge is 0.145 e. The van der Waals surface area contributed by atoms with Gasteiger partial charge >= 0.3 is 0 Å². The molecule has 1 aromatic carbocycles. The largest absolute Gasteiger partial charge is 0.488 e. The summed E-state index contributed by atoms with van der Waals surface area (Å²) in [5, 5.41) is 7.78. The van der Waals surface area contributed by atoms with E-state index in [1.807, 2.05) is 35.1 Å². The molecular weight excluding hydrogens is 250 g/mol. The molecule has 2 unspecified atom stereocenters. The maximum atomic E-state index is 6.28. The average molecular weight is 269 g/mol. The number of para-hydroxylation sites is 2. The standard InChI is InChI=1S/C16H19N3O/c1-2-5-16(15(4-1)19-7-3-6-18-19)20-14-8-12-10-17-11-13(12)9-14/h1-7,12-14,17H,8-11H2/t12-,13?,14?/m1/s1. The Kier molecular flexibility index (Phi) is 2.96. The molecule has 1 saturated carbocycles. The van der Waals surface area contributed by atoms with E-state index in [1.54, 1.807) is 6.20 Å². The van der Waals surface area contributed by atoms with E-state index < -0.39 is 0 Å². The molecule has 4 heteroatoms. The molecule has 2 fully saturated rings. The second-order valence-corrected chi connectivity index (χ2v) is 5.81. The number of nitrogens with one attached hydrogen (secondary N) is 1. The van der Waals surface area contributed by atoms with E-state index >= 15 is 0 Å². The van der Waals surface area contributed by atoms with Gasteiger partial charge in [-0.2, -0.15) is 5.10 Å². The molecule has 2 heterocycles. The zero-order valence-corrected chi connectivity index (χ0v) is 11.4. The molecule has 0 spiro atoms. The zero-order chi connectivity index (χ0) is 13.4. The number of nitrogens with zero attached hydrogens (tertiary/aromatic N) is 2. The number of hydrogen-bond donors (Lipinski definition) is 1. The first-order valence-corrected chi connectivity index (χ1v) is 7.36. The highest BCUT2D eigenvalue weighted by atomic mass is 16.5. The zero-order valence-electron chi connectivity index (χ0n) is 11.4. The van der Waals surface area contributed by atoms with Gasteiger partial charge in [0.2, 0.25) is 0 Å². The molecule has 1 aromatic heterocycles. The summed E-state index contributed by atoms with van der Waals surface area (Å²) >= 11 is 0. The van der Waals surface area contributed by atoms with Crippen molar-refractivity contribution < 1.29 is 4.74 Å². The number of rotatable bonds is 3. The molecule has 20 heavy (non-hydrogen) atoms. The summed E-state index contributed by atoms with van der Waals surface area (Å²) < 4.78 is 8.15. The lowest BCUT2D eigenvalue weighted by atomic mass is 10.0. The Morgan fingerprint density at radius 1 is 1.10 bits per heavy atom. The number of fused-ring (bicyclic) bond motifs is 1. The molecule has 3 atom stereocenters. The molecule has 2 aromatic rings. The molecular formula is C16H19N3O. The molecule has 4 nitrogen and oxygen atoms in total. The van der Waals surface area contributed by atoms with Crippen molar-refractivity contribution in [3.63, 3.8) is 0 Å². The minimum Gasteiger partial charge on any atom is -0.488 e. The van der Waals surface area contributed by atoms with E-state index in [4.69, 9.17) is 4.74 Å². The topological polar surface area (TPSA) is 39.1 Å². The average Bonchev–Trinajstić information content (AvgIpc) is 3.15. The van der Waals surface area contributed by atoms with E-state index in [2.05, 4.69) is 16.5 Å². The Morgan fingerprint density at radius 3 is 2.65 bits per heavy atom. The summed E-state index contributed by atoms with van der Waals surface area (Å²) in [6, 6.07) is 10.1. The lowest BCUT2D eigenvalue weighted by Gasteiger charge is -2.17. The van der Waals surface area contributed by atoms with Gasteiger partial charge in [0.05, 0.1) is 6.10 Å². The second-order valence-electron chi connectivity index (χ2n) is 5.81. The Labute approximate surface area is 118 Å². The monoisotopic (exact) mass is 269 g/mol. The summed E-state index contributed by atoms with van der Waals surface area (Å²) in [6.45, 7) is 2.32. The molecule has 4 rings (SSSR count). The van der Waals surface area contributed by atoms with Crippen molar-refractivity contribution >= 4 is 0 Å². The van der Waals surface area contributed by atoms with Crippen molar-refractivity contribution in [2.75, 3.05) is 13.1 Å². The van der Waals surface area contributed by atoms with E-state index in [0.29, 0.717) is 6.10 Å². The third-order valence-corrected chi connectivity index (χ3v) is 4.52. The Hall–Kier alpha value is -1.81. The molecule has 2 aliphatic rings. The van der Waals surface area contributed by atoms with Gasteiger partial charge in [-0.3, -0.25) is 0 Å². The molecule has 104 valence electrons. The summed E-state index contributed by atoms with van der Waals surface area (Å²) in [5.41, 5.74) is 1.02. The highest BCUT2D eigenvalue weighted by Gasteiger charge is 2.38. The number of benzene rings is 1. The van der Waals surface area contributed by atoms with Crippen LogP contribution < -0.4 is 10.1 Å². The van der Waals surface area contributed by atoms with Crippen LogP contribution in [0.3, 0.4) is 0 Å². The van der Waals surface area contributed by atoms with Gasteiger partial charge in [-0.15, -0.1) is 0 Å². The first kappa shape index (κ1) is 12.0. The summed E-state index contributed by atoms with van der Waals surface area (Å²) in [4.78, 5) is 0. The van der Waals surface area contributed by atoms with Crippen molar-refractivity contribution in [3.8, 4) is 11.4 Å². The molecule has 1 aliphatic carbocycles. The van der Waals surface area contributed by atoms with Crippen molar-refractivity contribution in [2.45, 2.75) is 18.9 Å². The molecule has 1 N–H and O–H groups in total. The predicted molar refractivity (Wildman–Crippen MR) is 77.1 cm³/mol. The van der Waals surface area contributed by atoms with Crippen LogP contribution in [-0.2, 0) is 0 Å². The van der Waals surface area contributed by atoms with Crippen molar-refractivity contribution in [3.05, 3.63) is 42.7 Å². The Balaban J connectivity index is 1.55. The van der Waals surface area contributed by atoms with Gasteiger partial charge in [0.1, 0.15) is 11.4 Å². The van der Waals surface area contributed by atoms with E-state index in [-0.39, 0.29) is 0 Å². The summed E-state index contributed by atoms with van der Waals surface area (Å²) in [7, 11) is 0. The normalized spacial score (nSPS) is 28.5. The first-order valence-electron chi connectivity index (χ1n) is 7.36. The van der Waals surface area contributed by atoms with Crippen LogP contribution >= 0.6 is 0 Å². The van der Waals surface area contributed by atoms with Crippen molar-refractivity contribution in [2.24, 2.45) is 11.8 Å². The summed E-state index contributed by atoms with van der Waals surface area (Å²) in [5.74, 6) is 2.54. The van der Waals surface area contributed by atoms with Crippen LogP contribution in [0, 0.1) is 11.8 Å². The van der Waals surface area contributed by atoms with Crippen LogP contribution in [-0.4, -0.2) is 29.0 Å². The predicted octanol–water partition coefficient (Wildman–Crippen LogP) is 2.25. The van der Waals surface area contributed by atoms with Gasteiger partial charge in [0, 0.05) is 12.4 Å². The van der Waals surface area contributed by atoms with Crippen LogP contribution in [0.4, 0.5) is 0 Å². The van der Waals surface area contributed by atoms with Crippen LogP contribution in [0.2, 0.25) is 0 Å². The Bertz CT molecular complexity index is 569. The quantitative estimate of drug-likeness (QED) is 0.929. The molecule has 0 radical (unpaired) electrons. The highest BCUT2D eigenvalue weighted by Crippen LogP contribution is 2.37. The third kappa shape index (κ3) is 2.10. The van der Waals surface area contributed by atoms with E-state index in [0.717, 1.165) is 36.4 Å². The van der Waals surface area contributed by atoms with Gasteiger partial charge in [0.15, 0.2) is 0 Å². The fraction of sp³-hybridized carbons (Fsp3) is 0.438. The Morgan fingerprint density at radius 2 is 1.90 bits per heavy atom. The highest BCUT2D eigenvalue weighted by molar-refractivity contribution is 5.45. The van der Waals surface area contributed by atoms with Crippen molar-refractivity contribution in [1.82, 2.24) is 15.1 Å². The SMILES string of the molecule is c1ccc(-n2cccn2)c(OC2CC3CNC[C@H]3C2)c1. The molecule has 0 amide bonds. The van der Waals surface area contributed by atoms with Crippen LogP contribution in [0.15, 0.2) is 42.7 Å². The summed E-state index contributed by atoms with van der Waals surface area (Å²) in [6.07, 6.45) is 6.44. The first-order chi connectivity index (χ1) is 9.90. The molecule has 1 aliphatic heterocycles. The second kappa shape index (κ2) is 4.94. The van der Waals surface area contributed by atoms with Crippen molar-refractivity contribution in [1.29, 1.82) is 0 Å². The maximum absolute atomic E-state index is 6.28. The third-order valence-electron chi connectivity index (χ3n) is 4.52. The van der Waals surface area contributed by atoms with Gasteiger partial charge in [0.25, 0.3) is 0 Å². The van der Waals surface area contributed by atoms with E-state index in [9.17, 15) is 0 Å². The fourth-order valence-corrected chi connectivity index (χ4v) is 3.54. The van der Waals surface area contributed by atoms with Crippen LogP contribution in [0.1, 0.15) is 12.8 Å². The van der Waals surface area contributed by atoms with Crippen LogP contribution in [0.25, 0.3) is 5.69 Å². The number of hydrogen-bond acceptors (Lipinski definition) is 3. The molecule has 0 bridgehead atoms. The van der Waals surface area contributed by atoms with Crippen LogP contribution in [0.5, 0.6) is 5.75 Å². The minimum absolute atomic E-state index is 0.351. The maximum Gasteiger partial charge on any atom is 0.145 e. The van der Waals surface area contributed by atoms with Gasteiger partial charge < -0.3 is 10.1 Å². The minimum atomic E-state index is 0.351. The lowest BCUT2D eigenvalue weighted by molar-refractivity contribution is 0.198. The number of ether oxygens (including phenoxy) is 1. The molecule has 1 saturated heterocycles. The van der Waals surface area contributed by atoms with Gasteiger partial charge in [-0.1, -0.05) is 12.1 Å². The van der Waals surface area contributed by atoms with E-state index in [1.165, 1.54) is 12.8 Å². The van der Waals surface area contributed by atoms with Gasteiger partial charge in [-0.05, 0) is 56.0 Å². The number of aromatic nitrogens is 2.